The Morgan fingerprint density at radius 1 is 1.23 bits per heavy atom. The molecule has 1 saturated heterocycles. The van der Waals surface area contributed by atoms with Crippen LogP contribution < -0.4 is 10.6 Å². The molecule has 3 aromatic rings. The topological polar surface area (TPSA) is 134 Å². The first kappa shape index (κ1) is 24.7. The van der Waals surface area contributed by atoms with E-state index in [1.165, 1.54) is 12.1 Å². The lowest BCUT2D eigenvalue weighted by molar-refractivity contribution is -0.231. The highest BCUT2D eigenvalue weighted by molar-refractivity contribution is 5.83. The molecule has 1 aromatic carbocycles. The number of nitrogens with one attached hydrogen (secondary N) is 3. The molecular weight excluding hydrogens is 455 g/mol. The van der Waals surface area contributed by atoms with Crippen molar-refractivity contribution in [2.24, 2.45) is 5.41 Å². The van der Waals surface area contributed by atoms with Crippen molar-refractivity contribution in [3.05, 3.63) is 48.2 Å². The van der Waals surface area contributed by atoms with Crippen molar-refractivity contribution in [1.29, 1.82) is 0 Å². The lowest BCUT2D eigenvalue weighted by Gasteiger charge is -2.35. The summed E-state index contributed by atoms with van der Waals surface area (Å²) in [6.45, 7) is 6.13. The van der Waals surface area contributed by atoms with Gasteiger partial charge in [-0.2, -0.15) is 0 Å². The maximum Gasteiger partial charge on any atom is 0.230 e. The minimum atomic E-state index is -0.824. The number of benzene rings is 1. The minimum Gasteiger partial charge on any atom is -0.395 e. The molecule has 1 fully saturated rings. The van der Waals surface area contributed by atoms with Gasteiger partial charge in [0.1, 0.15) is 5.82 Å². The second-order valence-corrected chi connectivity index (χ2v) is 8.91. The standard InChI is InChI=1S/C24H29FN6O4/c1-14(2)28-22(33)24(3)12-34-21(35-13-24)20-30-18(15-4-6-16(25)7-5-15)19(31-20)17-8-9-26-23(29-17)27-10-11-32/h4-9,14,21,32H,10-13H2,1-3H3,(H,28,33)(H,30,31)(H,26,27,29). The molecule has 1 aliphatic heterocycles. The van der Waals surface area contributed by atoms with E-state index in [0.29, 0.717) is 41.0 Å². The zero-order chi connectivity index (χ0) is 25.0. The van der Waals surface area contributed by atoms with Gasteiger partial charge in [0.05, 0.1) is 42.3 Å². The van der Waals surface area contributed by atoms with Crippen molar-refractivity contribution in [3.63, 3.8) is 0 Å². The molecular formula is C24H29FN6O4. The van der Waals surface area contributed by atoms with E-state index in [4.69, 9.17) is 19.6 Å². The first-order chi connectivity index (χ1) is 16.8. The van der Waals surface area contributed by atoms with Gasteiger partial charge in [0.25, 0.3) is 0 Å². The molecule has 11 heteroatoms. The highest BCUT2D eigenvalue weighted by Crippen LogP contribution is 2.35. The molecule has 2 aromatic heterocycles. The van der Waals surface area contributed by atoms with Gasteiger partial charge in [0.2, 0.25) is 18.1 Å². The van der Waals surface area contributed by atoms with E-state index in [0.717, 1.165) is 0 Å². The number of hydrogen-bond donors (Lipinski definition) is 4. The zero-order valence-corrected chi connectivity index (χ0v) is 19.8. The predicted octanol–water partition coefficient (Wildman–Crippen LogP) is 2.65. The molecule has 0 bridgehead atoms. The lowest BCUT2D eigenvalue weighted by Crippen LogP contribution is -2.50. The van der Waals surface area contributed by atoms with Crippen molar-refractivity contribution in [2.45, 2.75) is 33.1 Å². The molecule has 0 spiro atoms. The molecule has 1 aliphatic rings. The van der Waals surface area contributed by atoms with E-state index in [-0.39, 0.29) is 37.6 Å². The Labute approximate surface area is 202 Å². The Hall–Kier alpha value is -3.41. The number of ether oxygens (including phenoxy) is 2. The molecule has 0 radical (unpaired) electrons. The number of hydrogen-bond acceptors (Lipinski definition) is 8. The summed E-state index contributed by atoms with van der Waals surface area (Å²) in [6, 6.07) is 7.68. The van der Waals surface area contributed by atoms with Crippen LogP contribution in [0.1, 0.15) is 32.9 Å². The van der Waals surface area contributed by atoms with Crippen LogP contribution in [0.25, 0.3) is 22.6 Å². The maximum absolute atomic E-state index is 13.6. The van der Waals surface area contributed by atoms with E-state index in [9.17, 15) is 9.18 Å². The summed E-state index contributed by atoms with van der Waals surface area (Å²) >= 11 is 0. The number of aromatic amines is 1. The summed E-state index contributed by atoms with van der Waals surface area (Å²) in [5.74, 6) is 0.243. The lowest BCUT2D eigenvalue weighted by atomic mass is 9.90. The Bertz CT molecular complexity index is 1160. The van der Waals surface area contributed by atoms with Gasteiger partial charge >= 0.3 is 0 Å². The van der Waals surface area contributed by atoms with E-state index < -0.39 is 11.7 Å². The quantitative estimate of drug-likeness (QED) is 0.383. The summed E-state index contributed by atoms with van der Waals surface area (Å²) in [7, 11) is 0. The molecule has 0 saturated carbocycles. The SMILES string of the molecule is CC(C)NC(=O)C1(C)COC(c2nc(-c3ccc(F)cc3)c(-c3ccnc(NCCO)n3)[nH]2)OC1. The third-order valence-corrected chi connectivity index (χ3v) is 5.44. The largest absolute Gasteiger partial charge is 0.395 e. The van der Waals surface area contributed by atoms with Crippen LogP contribution in [0.2, 0.25) is 0 Å². The summed E-state index contributed by atoms with van der Waals surface area (Å²) in [6.07, 6.45) is 0.764. The number of anilines is 1. The number of aliphatic hydroxyl groups excluding tert-OH is 1. The van der Waals surface area contributed by atoms with Crippen LogP contribution in [0, 0.1) is 11.2 Å². The second-order valence-electron chi connectivity index (χ2n) is 8.91. The number of halogens is 1. The minimum absolute atomic E-state index is 0.00701. The Morgan fingerprint density at radius 2 is 1.94 bits per heavy atom. The van der Waals surface area contributed by atoms with Crippen LogP contribution in [0.4, 0.5) is 10.3 Å². The third-order valence-electron chi connectivity index (χ3n) is 5.44. The first-order valence-electron chi connectivity index (χ1n) is 11.4. The van der Waals surface area contributed by atoms with Crippen molar-refractivity contribution in [3.8, 4) is 22.6 Å². The number of aromatic nitrogens is 4. The molecule has 10 nitrogen and oxygen atoms in total. The molecule has 186 valence electrons. The van der Waals surface area contributed by atoms with E-state index >= 15 is 0 Å². The van der Waals surface area contributed by atoms with Gasteiger partial charge in [-0.1, -0.05) is 0 Å². The summed E-state index contributed by atoms with van der Waals surface area (Å²) < 4.78 is 25.4. The fraction of sp³-hybridized carbons (Fsp3) is 0.417. The van der Waals surface area contributed by atoms with Gasteiger partial charge in [-0.05, 0) is 51.1 Å². The summed E-state index contributed by atoms with van der Waals surface area (Å²) in [4.78, 5) is 29.2. The number of H-pyrrole nitrogens is 1. The molecule has 1 amide bonds. The van der Waals surface area contributed by atoms with Gasteiger partial charge < -0.3 is 30.2 Å². The number of nitrogens with zero attached hydrogens (tertiary/aromatic N) is 3. The van der Waals surface area contributed by atoms with Crippen LogP contribution in [0.3, 0.4) is 0 Å². The first-order valence-corrected chi connectivity index (χ1v) is 11.4. The average molecular weight is 485 g/mol. The molecule has 4 rings (SSSR count). The molecule has 0 unspecified atom stereocenters. The smallest absolute Gasteiger partial charge is 0.230 e. The maximum atomic E-state index is 13.6. The van der Waals surface area contributed by atoms with Gasteiger partial charge in [-0.15, -0.1) is 0 Å². The normalized spacial score (nSPS) is 20.1. The Balaban J connectivity index is 1.64. The van der Waals surface area contributed by atoms with E-state index in [1.54, 1.807) is 31.3 Å². The highest BCUT2D eigenvalue weighted by atomic mass is 19.1. The molecule has 35 heavy (non-hydrogen) atoms. The predicted molar refractivity (Wildman–Crippen MR) is 127 cm³/mol. The van der Waals surface area contributed by atoms with E-state index in [2.05, 4.69) is 25.6 Å². The van der Waals surface area contributed by atoms with Crippen molar-refractivity contribution in [1.82, 2.24) is 25.3 Å². The molecule has 3 heterocycles. The average Bonchev–Trinajstić information content (AvgIpc) is 3.29. The van der Waals surface area contributed by atoms with E-state index in [1.807, 2.05) is 13.8 Å². The fourth-order valence-corrected chi connectivity index (χ4v) is 3.59. The summed E-state index contributed by atoms with van der Waals surface area (Å²) in [5, 5.41) is 14.9. The number of carbonyl (C=O) groups excluding carboxylic acids is 1. The van der Waals surface area contributed by atoms with Crippen molar-refractivity contribution >= 4 is 11.9 Å². The number of imidazole rings is 1. The Kier molecular flexibility index (Phi) is 7.39. The molecule has 0 aliphatic carbocycles. The van der Waals surface area contributed by atoms with Crippen LogP contribution in [-0.4, -0.2) is 63.4 Å². The van der Waals surface area contributed by atoms with Gasteiger partial charge in [-0.25, -0.2) is 19.3 Å². The number of rotatable bonds is 8. The van der Waals surface area contributed by atoms with Crippen LogP contribution in [0.5, 0.6) is 0 Å². The van der Waals surface area contributed by atoms with Crippen LogP contribution >= 0.6 is 0 Å². The van der Waals surface area contributed by atoms with Crippen molar-refractivity contribution < 1.29 is 23.8 Å². The van der Waals surface area contributed by atoms with Crippen LogP contribution in [0.15, 0.2) is 36.5 Å². The van der Waals surface area contributed by atoms with Gasteiger partial charge in [0, 0.05) is 24.3 Å². The highest BCUT2D eigenvalue weighted by Gasteiger charge is 2.41. The second kappa shape index (κ2) is 10.5. The number of aliphatic hydroxyl groups is 1. The third kappa shape index (κ3) is 5.64. The zero-order valence-electron chi connectivity index (χ0n) is 19.8. The van der Waals surface area contributed by atoms with Gasteiger partial charge in [0.15, 0.2) is 5.82 Å². The fourth-order valence-electron chi connectivity index (χ4n) is 3.59. The van der Waals surface area contributed by atoms with Crippen LogP contribution in [-0.2, 0) is 14.3 Å². The molecule has 4 N–H and O–H groups in total. The number of amides is 1. The Morgan fingerprint density at radius 3 is 2.60 bits per heavy atom. The van der Waals surface area contributed by atoms with Crippen molar-refractivity contribution in [2.75, 3.05) is 31.7 Å². The molecule has 0 atom stereocenters. The summed E-state index contributed by atoms with van der Waals surface area (Å²) in [5.41, 5.74) is 1.49. The number of carbonyl (C=O) groups is 1. The monoisotopic (exact) mass is 484 g/mol. The van der Waals surface area contributed by atoms with Gasteiger partial charge in [-0.3, -0.25) is 4.79 Å².